The summed E-state index contributed by atoms with van der Waals surface area (Å²) in [6.07, 6.45) is 8.23. The highest BCUT2D eigenvalue weighted by Gasteiger charge is 2.24. The second kappa shape index (κ2) is 16.1. The van der Waals surface area contributed by atoms with Crippen LogP contribution in [0.15, 0.2) is 70.3 Å². The number of aliphatic hydroxyl groups is 1. The molecule has 2 saturated carbocycles. The number of aliphatic hydroxyl groups excluding tert-OH is 1. The molecule has 2 fully saturated rings. The zero-order chi connectivity index (χ0) is 35.1. The molecule has 0 aliphatic heterocycles. The Morgan fingerprint density at radius 1 is 0.694 bits per heavy atom. The van der Waals surface area contributed by atoms with Crippen LogP contribution in [0.5, 0.6) is 23.0 Å². The van der Waals surface area contributed by atoms with Crippen molar-refractivity contribution >= 4 is 12.3 Å². The van der Waals surface area contributed by atoms with E-state index in [9.17, 15) is 14.7 Å². The van der Waals surface area contributed by atoms with Crippen molar-refractivity contribution in [3.05, 3.63) is 115 Å². The van der Waals surface area contributed by atoms with Crippen molar-refractivity contribution in [3.8, 4) is 23.0 Å². The Morgan fingerprint density at radius 3 is 1.69 bits per heavy atom. The number of hydrogen-bond acceptors (Lipinski definition) is 7. The van der Waals surface area contributed by atoms with Gasteiger partial charge in [-0.15, -0.1) is 0 Å². The minimum absolute atomic E-state index is 0.0130. The number of rotatable bonds is 13. The lowest BCUT2D eigenvalue weighted by Gasteiger charge is -2.20. The number of hydrogen-bond donors (Lipinski definition) is 1. The molecule has 0 amide bonds. The monoisotopic (exact) mass is 668 g/mol. The number of aromatic nitrogens is 2. The summed E-state index contributed by atoms with van der Waals surface area (Å²) in [4.78, 5) is 23.1. The van der Waals surface area contributed by atoms with Gasteiger partial charge < -0.3 is 33.2 Å². The Balaban J connectivity index is 0.000000191. The van der Waals surface area contributed by atoms with Crippen LogP contribution in [0.2, 0.25) is 0 Å². The lowest BCUT2D eigenvalue weighted by Crippen LogP contribution is -2.17. The fourth-order valence-corrected chi connectivity index (χ4v) is 5.63. The van der Waals surface area contributed by atoms with E-state index in [1.165, 1.54) is 25.7 Å². The highest BCUT2D eigenvalue weighted by molar-refractivity contribution is 5.64. The molecular weight excluding hydrogens is 620 g/mol. The average molecular weight is 669 g/mol. The second-order valence-corrected chi connectivity index (χ2v) is 13.1. The van der Waals surface area contributed by atoms with Gasteiger partial charge in [-0.05, 0) is 107 Å². The van der Waals surface area contributed by atoms with Crippen LogP contribution in [0.25, 0.3) is 12.3 Å². The fraction of sp³-hybridized carbons (Fsp3) is 0.400. The van der Waals surface area contributed by atoms with E-state index in [0.29, 0.717) is 36.5 Å². The maximum Gasteiger partial charge on any atom is 0.182 e. The summed E-state index contributed by atoms with van der Waals surface area (Å²) >= 11 is 0. The predicted molar refractivity (Wildman–Crippen MR) is 193 cm³/mol. The van der Waals surface area contributed by atoms with E-state index in [-0.39, 0.29) is 10.9 Å². The molecule has 0 saturated heterocycles. The largest absolute Gasteiger partial charge is 0.493 e. The Bertz CT molecular complexity index is 1850. The molecular formula is C40H48N2O7. The van der Waals surface area contributed by atoms with Crippen LogP contribution in [0.4, 0.5) is 0 Å². The number of methoxy groups -OCH3 is 2. The van der Waals surface area contributed by atoms with Crippen LogP contribution in [-0.2, 0) is 6.54 Å². The molecule has 1 N–H and O–H groups in total. The highest BCUT2D eigenvalue weighted by atomic mass is 16.5. The van der Waals surface area contributed by atoms with Gasteiger partial charge in [0.05, 0.1) is 40.1 Å². The quantitative estimate of drug-likeness (QED) is 0.166. The third-order valence-electron chi connectivity index (χ3n) is 8.89. The van der Waals surface area contributed by atoms with Crippen LogP contribution in [0.1, 0.15) is 65.7 Å². The Kier molecular flexibility index (Phi) is 11.7. The molecule has 0 bridgehead atoms. The van der Waals surface area contributed by atoms with Gasteiger partial charge in [0.2, 0.25) is 0 Å². The van der Waals surface area contributed by atoms with Crippen molar-refractivity contribution in [1.82, 2.24) is 9.13 Å². The number of aryl methyl sites for hydroxylation is 4. The van der Waals surface area contributed by atoms with E-state index in [2.05, 4.69) is 0 Å². The van der Waals surface area contributed by atoms with Crippen LogP contribution < -0.4 is 29.8 Å². The van der Waals surface area contributed by atoms with Gasteiger partial charge in [-0.2, -0.15) is 0 Å². The third-order valence-corrected chi connectivity index (χ3v) is 8.89. The van der Waals surface area contributed by atoms with Crippen molar-refractivity contribution < 1.29 is 24.1 Å². The van der Waals surface area contributed by atoms with Gasteiger partial charge >= 0.3 is 0 Å². The first kappa shape index (κ1) is 35.5. The molecule has 9 nitrogen and oxygen atoms in total. The Morgan fingerprint density at radius 2 is 1.18 bits per heavy atom. The number of nitrogens with zero attached hydrogens (tertiary/aromatic N) is 2. The van der Waals surface area contributed by atoms with Crippen LogP contribution in [0.3, 0.4) is 0 Å². The topological polar surface area (TPSA) is 101 Å². The maximum absolute atomic E-state index is 11.6. The zero-order valence-corrected chi connectivity index (χ0v) is 29.4. The smallest absolute Gasteiger partial charge is 0.182 e. The van der Waals surface area contributed by atoms with E-state index >= 15 is 0 Å². The molecule has 260 valence electrons. The molecule has 0 radical (unpaired) electrons. The minimum atomic E-state index is -0.700. The lowest BCUT2D eigenvalue weighted by molar-refractivity contribution is 0.154. The van der Waals surface area contributed by atoms with Crippen molar-refractivity contribution in [3.63, 3.8) is 0 Å². The Hall–Kier alpha value is -4.76. The van der Waals surface area contributed by atoms with E-state index < -0.39 is 6.10 Å². The maximum atomic E-state index is 11.6. The van der Waals surface area contributed by atoms with Crippen molar-refractivity contribution in [2.75, 3.05) is 27.4 Å². The van der Waals surface area contributed by atoms with E-state index in [1.807, 2.05) is 85.5 Å². The van der Waals surface area contributed by atoms with Crippen molar-refractivity contribution in [2.45, 2.75) is 66.0 Å². The van der Waals surface area contributed by atoms with Crippen LogP contribution in [-0.4, -0.2) is 41.7 Å². The molecule has 2 heterocycles. The number of benzene rings is 2. The molecule has 2 aliphatic carbocycles. The van der Waals surface area contributed by atoms with Gasteiger partial charge in [-0.3, -0.25) is 9.59 Å². The van der Waals surface area contributed by atoms with Gasteiger partial charge in [0.15, 0.2) is 33.9 Å². The fourth-order valence-electron chi connectivity index (χ4n) is 5.63. The molecule has 1 atom stereocenters. The molecule has 9 heteroatoms. The summed E-state index contributed by atoms with van der Waals surface area (Å²) in [5, 5.41) is 10.7. The standard InChI is InChI=1S/C20H25NO4.C20H23NO3/c1-13-8-17(22)9-14(2)21(13)11-18(23)16-6-7-19(24-3)20(10-16)25-12-15-4-5-15;1-14-10-18(22)11-15(2)21(14)9-8-16-6-7-19(23-3)20(12-16)24-13-17-4-5-17/h6-10,15,18,23H,4-5,11-12H2,1-3H3;6-12,17H,4-5,13H2,1-3H3/b;9-8+. The first-order valence-corrected chi connectivity index (χ1v) is 16.9. The van der Waals surface area contributed by atoms with Crippen molar-refractivity contribution in [1.29, 1.82) is 0 Å². The van der Waals surface area contributed by atoms with Crippen LogP contribution in [0, 0.1) is 39.5 Å². The zero-order valence-electron chi connectivity index (χ0n) is 29.4. The summed E-state index contributed by atoms with van der Waals surface area (Å²) in [5.41, 5.74) is 5.31. The molecule has 6 rings (SSSR count). The molecule has 2 aliphatic rings. The van der Waals surface area contributed by atoms with E-state index in [1.54, 1.807) is 38.5 Å². The average Bonchev–Trinajstić information content (AvgIpc) is 4.00. The Labute approximate surface area is 288 Å². The molecule has 1 unspecified atom stereocenters. The van der Waals surface area contributed by atoms with Gasteiger partial charge in [-0.25, -0.2) is 0 Å². The van der Waals surface area contributed by atoms with Crippen LogP contribution >= 0.6 is 0 Å². The summed E-state index contributed by atoms with van der Waals surface area (Å²) in [7, 11) is 3.27. The molecule has 4 aromatic rings. The molecule has 2 aromatic heterocycles. The summed E-state index contributed by atoms with van der Waals surface area (Å²) < 4.78 is 26.4. The molecule has 0 spiro atoms. The van der Waals surface area contributed by atoms with Gasteiger partial charge in [-0.1, -0.05) is 12.1 Å². The molecule has 2 aromatic carbocycles. The SMILES string of the molecule is COc1ccc(/C=C/n2c(C)cc(=O)cc2C)cc1OCC1CC1.COc1ccc(C(O)Cn2c(C)cc(=O)cc2C)cc1OCC1CC1. The highest BCUT2D eigenvalue weighted by Crippen LogP contribution is 2.35. The summed E-state index contributed by atoms with van der Waals surface area (Å²) in [6, 6.07) is 17.9. The van der Waals surface area contributed by atoms with Gasteiger partial charge in [0, 0.05) is 53.2 Å². The lowest BCUT2D eigenvalue weighted by atomic mass is 10.1. The summed E-state index contributed by atoms with van der Waals surface area (Å²) in [5.74, 6) is 4.21. The predicted octanol–water partition coefficient (Wildman–Crippen LogP) is 6.89. The third kappa shape index (κ3) is 9.89. The minimum Gasteiger partial charge on any atom is -0.493 e. The number of pyridine rings is 2. The van der Waals surface area contributed by atoms with E-state index in [4.69, 9.17) is 18.9 Å². The molecule has 49 heavy (non-hydrogen) atoms. The normalized spacial score (nSPS) is 14.6. The van der Waals surface area contributed by atoms with E-state index in [0.717, 1.165) is 52.0 Å². The first-order valence-electron chi connectivity index (χ1n) is 16.9. The second-order valence-electron chi connectivity index (χ2n) is 13.1. The van der Waals surface area contributed by atoms with Gasteiger partial charge in [0.1, 0.15) is 0 Å². The first-order chi connectivity index (χ1) is 23.5. The van der Waals surface area contributed by atoms with Crippen molar-refractivity contribution in [2.24, 2.45) is 11.8 Å². The van der Waals surface area contributed by atoms with Gasteiger partial charge in [0.25, 0.3) is 0 Å². The summed E-state index contributed by atoms with van der Waals surface area (Å²) in [6.45, 7) is 9.42. The number of ether oxygens (including phenoxy) is 4.